The highest BCUT2D eigenvalue weighted by Crippen LogP contribution is 2.67. The molecule has 0 amide bonds. The highest BCUT2D eigenvalue weighted by Gasteiger charge is 2.70. The summed E-state index contributed by atoms with van der Waals surface area (Å²) in [7, 11) is 1.14. The van der Waals surface area contributed by atoms with Crippen LogP contribution in [0.1, 0.15) is 72.0 Å². The number of ether oxygens (including phenoxy) is 3. The second-order valence-corrected chi connectivity index (χ2v) is 12.9. The van der Waals surface area contributed by atoms with E-state index in [1.807, 2.05) is 13.8 Å². The van der Waals surface area contributed by atoms with Gasteiger partial charge in [0.15, 0.2) is 18.0 Å². The molecule has 42 heavy (non-hydrogen) atoms. The van der Waals surface area contributed by atoms with Crippen LogP contribution in [0.25, 0.3) is 0 Å². The molecule has 0 saturated heterocycles. The van der Waals surface area contributed by atoms with Gasteiger partial charge in [-0.1, -0.05) is 34.6 Å². The van der Waals surface area contributed by atoms with Gasteiger partial charge >= 0.3 is 17.9 Å². The third kappa shape index (κ3) is 4.20. The summed E-state index contributed by atoms with van der Waals surface area (Å²) in [6.07, 6.45) is 2.97. The van der Waals surface area contributed by atoms with E-state index in [9.17, 15) is 29.1 Å². The molecule has 2 bridgehead atoms. The molecule has 9 atom stereocenters. The molecular formula is C32H38O10. The lowest BCUT2D eigenvalue weighted by molar-refractivity contribution is -0.179. The minimum absolute atomic E-state index is 0.194. The number of Topliss-reactive ketones (excluding diaryl/α,β-unsaturated/α-hetero) is 1. The number of ketones is 2. The first-order chi connectivity index (χ1) is 19.7. The van der Waals surface area contributed by atoms with Crippen molar-refractivity contribution in [3.63, 3.8) is 0 Å². The first-order valence-electron chi connectivity index (χ1n) is 14.4. The first-order valence-corrected chi connectivity index (χ1v) is 14.4. The topological polar surface area (TPSA) is 146 Å². The SMILES string of the molecule is CCC(C)C(=O)O[C@@H]1C(=O)/C=C2/C3=CC(=O)O[C@@H](c4ccoc4)[C@]3(C)CC[C@@H]2[C@@]2(C)C(=O)C[C@]1(C)[C@@H]2[C@@H](O)C(=O)OC. The third-order valence-corrected chi connectivity index (χ3v) is 10.6. The van der Waals surface area contributed by atoms with Gasteiger partial charge in [0.05, 0.1) is 25.6 Å². The Morgan fingerprint density at radius 1 is 1.14 bits per heavy atom. The number of hydrogen-bond donors (Lipinski definition) is 1. The van der Waals surface area contributed by atoms with Crippen LogP contribution in [0.4, 0.5) is 0 Å². The van der Waals surface area contributed by atoms with Crippen molar-refractivity contribution in [2.45, 2.75) is 78.6 Å². The van der Waals surface area contributed by atoms with Gasteiger partial charge in [0.2, 0.25) is 0 Å². The number of hydrogen-bond acceptors (Lipinski definition) is 10. The standard InChI is InChI=1S/C32H38O10/c1-7-16(2)28(37)42-27-21(33)12-18-19(32(5)22(34)14-31(27,4)25(32)24(36)29(38)39-6)8-10-30(3)20(18)13-23(35)41-26(30)17-9-11-40-15-17/h9,11-13,15-16,19,24-27,36H,7-8,10,14H2,1-6H3/b18-12+/t16?,19-,24+,25-,26-,27+,30+,31+,32-/m0/s1. The molecule has 0 aromatic carbocycles. The molecule has 226 valence electrons. The van der Waals surface area contributed by atoms with Crippen LogP contribution in [-0.4, -0.2) is 53.9 Å². The van der Waals surface area contributed by atoms with Gasteiger partial charge in [0.25, 0.3) is 0 Å². The number of esters is 3. The molecule has 1 unspecified atom stereocenters. The molecule has 2 saturated carbocycles. The number of carbonyl (C=O) groups excluding carboxylic acids is 5. The van der Waals surface area contributed by atoms with Crippen molar-refractivity contribution >= 4 is 29.5 Å². The Bertz CT molecular complexity index is 1390. The molecule has 1 aliphatic heterocycles. The quantitative estimate of drug-likeness (QED) is 0.388. The Balaban J connectivity index is 1.73. The summed E-state index contributed by atoms with van der Waals surface area (Å²) in [4.78, 5) is 67.3. The van der Waals surface area contributed by atoms with Gasteiger partial charge in [-0.25, -0.2) is 9.59 Å². The van der Waals surface area contributed by atoms with Crippen LogP contribution in [-0.2, 0) is 38.2 Å². The first kappa shape index (κ1) is 29.9. The number of cyclic esters (lactones) is 1. The van der Waals surface area contributed by atoms with E-state index in [1.54, 1.807) is 26.8 Å². The number of fused-ring (bicyclic) bond motifs is 6. The molecule has 4 aliphatic rings. The monoisotopic (exact) mass is 582 g/mol. The van der Waals surface area contributed by atoms with Gasteiger partial charge in [0, 0.05) is 40.2 Å². The van der Waals surface area contributed by atoms with Crippen molar-refractivity contribution in [1.82, 2.24) is 0 Å². The fraction of sp³-hybridized carbons (Fsp3) is 0.594. The van der Waals surface area contributed by atoms with Gasteiger partial charge in [-0.3, -0.25) is 14.4 Å². The predicted molar refractivity (Wildman–Crippen MR) is 146 cm³/mol. The molecule has 3 aliphatic carbocycles. The average molecular weight is 583 g/mol. The van der Waals surface area contributed by atoms with Crippen molar-refractivity contribution in [2.24, 2.45) is 34.0 Å². The second-order valence-electron chi connectivity index (χ2n) is 12.9. The highest BCUT2D eigenvalue weighted by atomic mass is 16.6. The number of aliphatic hydroxyl groups excluding tert-OH is 1. The normalized spacial score (nSPS) is 38.4. The van der Waals surface area contributed by atoms with E-state index in [4.69, 9.17) is 18.6 Å². The summed E-state index contributed by atoms with van der Waals surface area (Å²) in [6, 6.07) is 1.72. The zero-order chi connectivity index (χ0) is 30.8. The van der Waals surface area contributed by atoms with Crippen LogP contribution in [0.3, 0.4) is 0 Å². The lowest BCUT2D eigenvalue weighted by Gasteiger charge is -2.54. The zero-order valence-electron chi connectivity index (χ0n) is 24.8. The summed E-state index contributed by atoms with van der Waals surface area (Å²) < 4.78 is 21.8. The fourth-order valence-electron chi connectivity index (χ4n) is 8.09. The van der Waals surface area contributed by atoms with Crippen molar-refractivity contribution in [3.8, 4) is 0 Å². The molecule has 1 aromatic rings. The Morgan fingerprint density at radius 3 is 2.48 bits per heavy atom. The minimum Gasteiger partial charge on any atom is -0.472 e. The summed E-state index contributed by atoms with van der Waals surface area (Å²) >= 11 is 0. The molecule has 10 heteroatoms. The number of carbonyl (C=O) groups is 5. The van der Waals surface area contributed by atoms with Crippen LogP contribution >= 0.6 is 0 Å². The Hall–Kier alpha value is -3.53. The number of furan rings is 1. The van der Waals surface area contributed by atoms with Crippen molar-refractivity contribution in [2.75, 3.05) is 7.11 Å². The van der Waals surface area contributed by atoms with Gasteiger partial charge in [-0.15, -0.1) is 0 Å². The second kappa shape index (κ2) is 10.3. The molecule has 1 N–H and O–H groups in total. The van der Waals surface area contributed by atoms with Gasteiger partial charge < -0.3 is 23.7 Å². The van der Waals surface area contributed by atoms with Crippen molar-refractivity contribution < 1.29 is 47.7 Å². The van der Waals surface area contributed by atoms with E-state index < -0.39 is 76.0 Å². The average Bonchev–Trinajstić information content (AvgIpc) is 3.55. The molecule has 0 radical (unpaired) electrons. The molecule has 0 spiro atoms. The molecule has 2 fully saturated rings. The van der Waals surface area contributed by atoms with Gasteiger partial charge in [-0.2, -0.15) is 0 Å². The largest absolute Gasteiger partial charge is 0.472 e. The van der Waals surface area contributed by atoms with E-state index >= 15 is 0 Å². The lowest BCUT2D eigenvalue weighted by Crippen LogP contribution is -2.57. The summed E-state index contributed by atoms with van der Waals surface area (Å²) in [5.41, 5.74) is -1.89. The van der Waals surface area contributed by atoms with E-state index in [2.05, 4.69) is 0 Å². The van der Waals surface area contributed by atoms with Crippen LogP contribution in [0, 0.1) is 34.0 Å². The number of allylic oxidation sites excluding steroid dienone is 1. The van der Waals surface area contributed by atoms with Gasteiger partial charge in [0.1, 0.15) is 11.9 Å². The number of aliphatic hydroxyl groups is 1. The maximum absolute atomic E-state index is 14.2. The Kier molecular flexibility index (Phi) is 7.36. The maximum Gasteiger partial charge on any atom is 0.335 e. The Labute approximate surface area is 244 Å². The minimum atomic E-state index is -1.77. The Morgan fingerprint density at radius 2 is 1.86 bits per heavy atom. The highest BCUT2D eigenvalue weighted by molar-refractivity contribution is 6.01. The predicted octanol–water partition coefficient (Wildman–Crippen LogP) is 3.82. The van der Waals surface area contributed by atoms with E-state index in [0.29, 0.717) is 36.0 Å². The summed E-state index contributed by atoms with van der Waals surface area (Å²) in [5.74, 6) is -5.27. The van der Waals surface area contributed by atoms with Crippen molar-refractivity contribution in [3.05, 3.63) is 47.5 Å². The lowest BCUT2D eigenvalue weighted by atomic mass is 9.51. The maximum atomic E-state index is 14.2. The molecular weight excluding hydrogens is 544 g/mol. The zero-order valence-corrected chi connectivity index (χ0v) is 24.8. The van der Waals surface area contributed by atoms with Crippen LogP contribution in [0.15, 0.2) is 46.3 Å². The van der Waals surface area contributed by atoms with Crippen LogP contribution in [0.5, 0.6) is 0 Å². The summed E-state index contributed by atoms with van der Waals surface area (Å²) in [6.45, 7) is 8.76. The smallest absolute Gasteiger partial charge is 0.335 e. The van der Waals surface area contributed by atoms with Crippen LogP contribution < -0.4 is 0 Å². The van der Waals surface area contributed by atoms with E-state index in [0.717, 1.165) is 7.11 Å². The van der Waals surface area contributed by atoms with Crippen LogP contribution in [0.2, 0.25) is 0 Å². The number of rotatable bonds is 6. The van der Waals surface area contributed by atoms with E-state index in [-0.39, 0.29) is 12.2 Å². The molecule has 5 rings (SSSR count). The third-order valence-electron chi connectivity index (χ3n) is 10.6. The van der Waals surface area contributed by atoms with E-state index in [1.165, 1.54) is 24.7 Å². The molecule has 2 heterocycles. The summed E-state index contributed by atoms with van der Waals surface area (Å²) in [5, 5.41) is 11.5. The fourth-order valence-corrected chi connectivity index (χ4v) is 8.09. The van der Waals surface area contributed by atoms with Gasteiger partial charge in [-0.05, 0) is 48.5 Å². The molecule has 1 aromatic heterocycles. The molecule has 10 nitrogen and oxygen atoms in total. The number of methoxy groups -OCH3 is 1. The van der Waals surface area contributed by atoms with Crippen molar-refractivity contribution in [1.29, 1.82) is 0 Å².